The average Bonchev–Trinajstić information content (AvgIpc) is 3.09. The van der Waals surface area contributed by atoms with Crippen LogP contribution in [0.5, 0.6) is 11.5 Å². The molecule has 7 nitrogen and oxygen atoms in total. The molecule has 0 aliphatic rings. The number of aromatic nitrogens is 2. The van der Waals surface area contributed by atoms with Crippen LogP contribution in [0.2, 0.25) is 0 Å². The zero-order valence-electron chi connectivity index (χ0n) is 14.6. The van der Waals surface area contributed by atoms with Crippen LogP contribution in [-0.2, 0) is 4.79 Å². The smallest absolute Gasteiger partial charge is 0.270 e. The summed E-state index contributed by atoms with van der Waals surface area (Å²) in [5.74, 6) is 1.42. The maximum absolute atomic E-state index is 12.0. The highest BCUT2D eigenvalue weighted by atomic mass is 16.5. The summed E-state index contributed by atoms with van der Waals surface area (Å²) in [5.41, 5.74) is 1.79. The van der Waals surface area contributed by atoms with Crippen LogP contribution in [0.1, 0.15) is 12.5 Å². The highest BCUT2D eigenvalue weighted by Crippen LogP contribution is 2.22. The zero-order chi connectivity index (χ0) is 18.4. The van der Waals surface area contributed by atoms with Gasteiger partial charge in [0.2, 0.25) is 0 Å². The largest absolute Gasteiger partial charge is 0.494 e. The van der Waals surface area contributed by atoms with Crippen molar-refractivity contribution in [3.05, 3.63) is 54.1 Å². The molecular formula is C19H19N3O4. The molecule has 0 bridgehead atoms. The predicted molar refractivity (Wildman–Crippen MR) is 96.2 cm³/mol. The molecule has 0 aliphatic carbocycles. The van der Waals surface area contributed by atoms with Gasteiger partial charge in [0, 0.05) is 5.56 Å². The van der Waals surface area contributed by atoms with Gasteiger partial charge in [-0.3, -0.25) is 10.1 Å². The lowest BCUT2D eigenvalue weighted by molar-refractivity contribution is -0.118. The summed E-state index contributed by atoms with van der Waals surface area (Å²) in [6.07, 6.45) is 0. The molecule has 0 spiro atoms. The second-order valence-corrected chi connectivity index (χ2v) is 5.53. The Hall–Kier alpha value is -3.35. The maximum Gasteiger partial charge on any atom is 0.270 e. The van der Waals surface area contributed by atoms with E-state index in [1.165, 1.54) is 0 Å². The van der Waals surface area contributed by atoms with Crippen LogP contribution in [0.4, 0.5) is 5.95 Å². The average molecular weight is 353 g/mol. The number of carbonyl (C=O) groups excluding carboxylic acids is 1. The van der Waals surface area contributed by atoms with Gasteiger partial charge in [0.15, 0.2) is 6.61 Å². The summed E-state index contributed by atoms with van der Waals surface area (Å²) in [7, 11) is 0. The van der Waals surface area contributed by atoms with Crippen molar-refractivity contribution < 1.29 is 18.8 Å². The van der Waals surface area contributed by atoms with Crippen molar-refractivity contribution in [2.75, 3.05) is 18.5 Å². The Bertz CT molecular complexity index is 875. The van der Waals surface area contributed by atoms with Gasteiger partial charge in [-0.05, 0) is 61.0 Å². The van der Waals surface area contributed by atoms with Gasteiger partial charge in [-0.15, -0.1) is 0 Å². The molecule has 0 fully saturated rings. The Morgan fingerprint density at radius 1 is 1.12 bits per heavy atom. The fraction of sp³-hybridized carbons (Fsp3) is 0.211. The number of amides is 1. The quantitative estimate of drug-likeness (QED) is 0.700. The molecule has 0 unspecified atom stereocenters. The minimum absolute atomic E-state index is 0.0896. The second kappa shape index (κ2) is 8.15. The summed E-state index contributed by atoms with van der Waals surface area (Å²) in [5, 5.41) is 6.30. The van der Waals surface area contributed by atoms with Gasteiger partial charge in [0.25, 0.3) is 17.7 Å². The molecule has 3 rings (SSSR count). The zero-order valence-corrected chi connectivity index (χ0v) is 14.6. The fourth-order valence-electron chi connectivity index (χ4n) is 2.27. The first-order valence-corrected chi connectivity index (χ1v) is 8.20. The number of hydrogen-bond acceptors (Lipinski definition) is 6. The highest BCUT2D eigenvalue weighted by Gasteiger charge is 2.12. The van der Waals surface area contributed by atoms with E-state index in [4.69, 9.17) is 14.0 Å². The number of carbonyl (C=O) groups is 1. The SMILES string of the molecule is CCOc1ccc(-c2nc(NC(=O)COc3cccc(C)c3)no2)cc1. The number of rotatable bonds is 7. The van der Waals surface area contributed by atoms with Gasteiger partial charge in [-0.25, -0.2) is 0 Å². The number of anilines is 1. The number of aryl methyl sites for hydroxylation is 1. The Morgan fingerprint density at radius 3 is 2.65 bits per heavy atom. The number of ether oxygens (including phenoxy) is 2. The second-order valence-electron chi connectivity index (χ2n) is 5.53. The Morgan fingerprint density at radius 2 is 1.92 bits per heavy atom. The van der Waals surface area contributed by atoms with E-state index >= 15 is 0 Å². The van der Waals surface area contributed by atoms with Crippen LogP contribution in [0.25, 0.3) is 11.5 Å². The molecule has 0 saturated heterocycles. The van der Waals surface area contributed by atoms with Crippen molar-refractivity contribution >= 4 is 11.9 Å². The van der Waals surface area contributed by atoms with E-state index in [-0.39, 0.29) is 18.5 Å². The lowest BCUT2D eigenvalue weighted by atomic mass is 10.2. The van der Waals surface area contributed by atoms with Crippen LogP contribution >= 0.6 is 0 Å². The van der Waals surface area contributed by atoms with Crippen molar-refractivity contribution in [2.45, 2.75) is 13.8 Å². The van der Waals surface area contributed by atoms with E-state index in [1.807, 2.05) is 56.3 Å². The highest BCUT2D eigenvalue weighted by molar-refractivity contribution is 5.90. The monoisotopic (exact) mass is 353 g/mol. The van der Waals surface area contributed by atoms with Crippen LogP contribution < -0.4 is 14.8 Å². The topological polar surface area (TPSA) is 86.5 Å². The number of benzene rings is 2. The molecule has 0 radical (unpaired) electrons. The first-order valence-electron chi connectivity index (χ1n) is 8.20. The lowest BCUT2D eigenvalue weighted by Gasteiger charge is -2.05. The molecule has 0 saturated carbocycles. The number of nitrogens with one attached hydrogen (secondary N) is 1. The van der Waals surface area contributed by atoms with Crippen LogP contribution in [-0.4, -0.2) is 29.3 Å². The molecule has 7 heteroatoms. The first kappa shape index (κ1) is 17.5. The van der Waals surface area contributed by atoms with E-state index < -0.39 is 0 Å². The summed E-state index contributed by atoms with van der Waals surface area (Å²) in [6, 6.07) is 14.7. The minimum atomic E-state index is -0.370. The van der Waals surface area contributed by atoms with Gasteiger partial charge in [-0.2, -0.15) is 4.98 Å². The predicted octanol–water partition coefficient (Wildman–Crippen LogP) is 3.46. The summed E-state index contributed by atoms with van der Waals surface area (Å²) in [4.78, 5) is 16.1. The number of nitrogens with zero attached hydrogens (tertiary/aromatic N) is 2. The summed E-state index contributed by atoms with van der Waals surface area (Å²) >= 11 is 0. The van der Waals surface area contributed by atoms with Gasteiger partial charge in [0.05, 0.1) is 6.61 Å². The Balaban J connectivity index is 1.56. The van der Waals surface area contributed by atoms with Crippen molar-refractivity contribution in [2.24, 2.45) is 0 Å². The molecule has 1 amide bonds. The van der Waals surface area contributed by atoms with Gasteiger partial charge < -0.3 is 14.0 Å². The van der Waals surface area contributed by atoms with Crippen LogP contribution in [0.3, 0.4) is 0 Å². The molecule has 3 aromatic rings. The van der Waals surface area contributed by atoms with Gasteiger partial charge in [-0.1, -0.05) is 12.1 Å². The molecule has 1 N–H and O–H groups in total. The third kappa shape index (κ3) is 4.60. The third-order valence-corrected chi connectivity index (χ3v) is 3.45. The van der Waals surface area contributed by atoms with Gasteiger partial charge in [0.1, 0.15) is 11.5 Å². The van der Waals surface area contributed by atoms with Crippen LogP contribution in [0.15, 0.2) is 53.1 Å². The van der Waals surface area contributed by atoms with E-state index in [2.05, 4.69) is 15.5 Å². The maximum atomic E-state index is 12.0. The van der Waals surface area contributed by atoms with Crippen molar-refractivity contribution in [3.8, 4) is 23.0 Å². The third-order valence-electron chi connectivity index (χ3n) is 3.45. The van der Waals surface area contributed by atoms with E-state index in [0.717, 1.165) is 16.9 Å². The molecule has 0 aliphatic heterocycles. The molecule has 2 aromatic carbocycles. The Kier molecular flexibility index (Phi) is 5.48. The lowest BCUT2D eigenvalue weighted by Crippen LogP contribution is -2.20. The number of hydrogen-bond donors (Lipinski definition) is 1. The Labute approximate surface area is 150 Å². The van der Waals surface area contributed by atoms with Crippen molar-refractivity contribution in [1.29, 1.82) is 0 Å². The van der Waals surface area contributed by atoms with E-state index in [9.17, 15) is 4.79 Å². The molecule has 0 atom stereocenters. The van der Waals surface area contributed by atoms with Crippen molar-refractivity contribution in [1.82, 2.24) is 10.1 Å². The summed E-state index contributed by atoms with van der Waals surface area (Å²) < 4.78 is 16.0. The molecule has 26 heavy (non-hydrogen) atoms. The molecule has 134 valence electrons. The fourth-order valence-corrected chi connectivity index (χ4v) is 2.27. The van der Waals surface area contributed by atoms with Gasteiger partial charge >= 0.3 is 0 Å². The molecule has 1 heterocycles. The van der Waals surface area contributed by atoms with E-state index in [1.54, 1.807) is 6.07 Å². The first-order chi connectivity index (χ1) is 12.6. The standard InChI is InChI=1S/C19H19N3O4/c1-3-24-15-9-7-14(8-10-15)18-21-19(22-26-18)20-17(23)12-25-16-6-4-5-13(2)11-16/h4-11H,3,12H2,1-2H3,(H,20,22,23). The van der Waals surface area contributed by atoms with Crippen LogP contribution in [0, 0.1) is 6.92 Å². The summed E-state index contributed by atoms with van der Waals surface area (Å²) in [6.45, 7) is 4.33. The normalized spacial score (nSPS) is 10.4. The molecule has 1 aromatic heterocycles. The van der Waals surface area contributed by atoms with Crippen molar-refractivity contribution in [3.63, 3.8) is 0 Å². The van der Waals surface area contributed by atoms with E-state index in [0.29, 0.717) is 18.2 Å². The minimum Gasteiger partial charge on any atom is -0.494 e. The molecular weight excluding hydrogens is 334 g/mol.